The predicted molar refractivity (Wildman–Crippen MR) is 75.1 cm³/mol. The molecule has 0 radical (unpaired) electrons. The Morgan fingerprint density at radius 3 is 2.79 bits per heavy atom. The highest BCUT2D eigenvalue weighted by molar-refractivity contribution is 5.79. The molecule has 19 heavy (non-hydrogen) atoms. The molecule has 1 N–H and O–H groups in total. The Kier molecular flexibility index (Phi) is 5.60. The molecule has 2 aliphatic rings. The first-order valence-electron chi connectivity index (χ1n) is 7.51. The fourth-order valence-electron chi connectivity index (χ4n) is 2.95. The second-order valence-corrected chi connectivity index (χ2v) is 5.62. The number of nitrogens with zero attached hydrogens (tertiary/aromatic N) is 2. The molecule has 2 rings (SSSR count). The van der Waals surface area contributed by atoms with Gasteiger partial charge in [0, 0.05) is 26.2 Å². The van der Waals surface area contributed by atoms with Crippen molar-refractivity contribution in [1.82, 2.24) is 15.1 Å². The topological polar surface area (TPSA) is 44.8 Å². The van der Waals surface area contributed by atoms with Crippen LogP contribution in [0.25, 0.3) is 0 Å². The van der Waals surface area contributed by atoms with Crippen LogP contribution in [-0.4, -0.2) is 74.7 Å². The molecule has 0 aromatic carbocycles. The Morgan fingerprint density at radius 2 is 2.11 bits per heavy atom. The first kappa shape index (κ1) is 14.8. The van der Waals surface area contributed by atoms with Crippen molar-refractivity contribution in [3.8, 4) is 0 Å². The number of carbonyl (C=O) groups excluding carboxylic acids is 1. The molecule has 0 spiro atoms. The number of likely N-dealkylation sites (tertiary alicyclic amines) is 1. The van der Waals surface area contributed by atoms with Crippen LogP contribution in [0.4, 0.5) is 0 Å². The standard InChI is InChI=1S/C14H27N3O2/c1-3-15-13-11-19-10-12(13)14(18)16(2)8-9-17-6-4-5-7-17/h12-13,15H,3-11H2,1-2H3. The number of ether oxygens (including phenoxy) is 1. The quantitative estimate of drug-likeness (QED) is 0.746. The van der Waals surface area contributed by atoms with Gasteiger partial charge in [-0.2, -0.15) is 0 Å². The summed E-state index contributed by atoms with van der Waals surface area (Å²) in [6.07, 6.45) is 2.60. The molecule has 2 fully saturated rings. The van der Waals surface area contributed by atoms with Crippen LogP contribution >= 0.6 is 0 Å². The van der Waals surface area contributed by atoms with Crippen LogP contribution in [0.2, 0.25) is 0 Å². The second kappa shape index (κ2) is 7.22. The molecule has 2 saturated heterocycles. The average molecular weight is 269 g/mol. The molecule has 2 heterocycles. The van der Waals surface area contributed by atoms with Gasteiger partial charge in [0.15, 0.2) is 0 Å². The normalized spacial score (nSPS) is 27.9. The number of likely N-dealkylation sites (N-methyl/N-ethyl adjacent to an activating group) is 2. The fraction of sp³-hybridized carbons (Fsp3) is 0.929. The van der Waals surface area contributed by atoms with E-state index in [-0.39, 0.29) is 17.9 Å². The molecule has 2 atom stereocenters. The molecule has 0 saturated carbocycles. The van der Waals surface area contributed by atoms with Gasteiger partial charge >= 0.3 is 0 Å². The van der Waals surface area contributed by atoms with Gasteiger partial charge in [-0.15, -0.1) is 0 Å². The van der Waals surface area contributed by atoms with Gasteiger partial charge in [-0.1, -0.05) is 6.92 Å². The van der Waals surface area contributed by atoms with E-state index >= 15 is 0 Å². The highest BCUT2D eigenvalue weighted by Crippen LogP contribution is 2.16. The molecule has 2 aliphatic heterocycles. The first-order valence-corrected chi connectivity index (χ1v) is 7.51. The summed E-state index contributed by atoms with van der Waals surface area (Å²) in [5, 5.41) is 3.34. The molecular formula is C14H27N3O2. The zero-order chi connectivity index (χ0) is 13.7. The second-order valence-electron chi connectivity index (χ2n) is 5.62. The Morgan fingerprint density at radius 1 is 1.37 bits per heavy atom. The van der Waals surface area contributed by atoms with Crippen molar-refractivity contribution >= 4 is 5.91 Å². The van der Waals surface area contributed by atoms with Gasteiger partial charge in [0.05, 0.1) is 19.1 Å². The van der Waals surface area contributed by atoms with Gasteiger partial charge in [-0.25, -0.2) is 0 Å². The molecule has 0 aliphatic carbocycles. The van der Waals surface area contributed by atoms with Crippen molar-refractivity contribution in [2.24, 2.45) is 5.92 Å². The zero-order valence-corrected chi connectivity index (χ0v) is 12.2. The molecule has 5 heteroatoms. The van der Waals surface area contributed by atoms with Crippen LogP contribution in [0.5, 0.6) is 0 Å². The molecular weight excluding hydrogens is 242 g/mol. The summed E-state index contributed by atoms with van der Waals surface area (Å²) < 4.78 is 5.45. The monoisotopic (exact) mass is 269 g/mol. The summed E-state index contributed by atoms with van der Waals surface area (Å²) in [5.74, 6) is 0.214. The predicted octanol–water partition coefficient (Wildman–Crippen LogP) is 0.165. The lowest BCUT2D eigenvalue weighted by Gasteiger charge is -2.26. The van der Waals surface area contributed by atoms with Crippen molar-refractivity contribution in [2.75, 3.05) is 53.0 Å². The molecule has 0 aromatic heterocycles. The van der Waals surface area contributed by atoms with Gasteiger partial charge in [0.1, 0.15) is 0 Å². The summed E-state index contributed by atoms with van der Waals surface area (Å²) in [6.45, 7) is 8.38. The fourth-order valence-corrected chi connectivity index (χ4v) is 2.95. The molecule has 0 aromatic rings. The van der Waals surface area contributed by atoms with E-state index in [1.807, 2.05) is 11.9 Å². The zero-order valence-electron chi connectivity index (χ0n) is 12.2. The third-order valence-electron chi connectivity index (χ3n) is 4.19. The summed E-state index contributed by atoms with van der Waals surface area (Å²) in [5.41, 5.74) is 0. The number of carbonyl (C=O) groups is 1. The number of amides is 1. The van der Waals surface area contributed by atoms with Crippen LogP contribution in [0, 0.1) is 5.92 Å². The van der Waals surface area contributed by atoms with E-state index in [4.69, 9.17) is 4.74 Å². The molecule has 2 unspecified atom stereocenters. The van der Waals surface area contributed by atoms with Gasteiger partial charge < -0.3 is 19.9 Å². The van der Waals surface area contributed by atoms with Crippen LogP contribution < -0.4 is 5.32 Å². The van der Waals surface area contributed by atoms with E-state index in [9.17, 15) is 4.79 Å². The van der Waals surface area contributed by atoms with Crippen LogP contribution in [0.15, 0.2) is 0 Å². The van der Waals surface area contributed by atoms with E-state index in [1.54, 1.807) is 0 Å². The highest BCUT2D eigenvalue weighted by Gasteiger charge is 2.35. The maximum Gasteiger partial charge on any atom is 0.229 e. The summed E-state index contributed by atoms with van der Waals surface area (Å²) in [7, 11) is 1.92. The van der Waals surface area contributed by atoms with Crippen LogP contribution in [0.1, 0.15) is 19.8 Å². The maximum absolute atomic E-state index is 12.4. The summed E-state index contributed by atoms with van der Waals surface area (Å²) in [4.78, 5) is 16.7. The first-order chi connectivity index (χ1) is 9.22. The Balaban J connectivity index is 1.77. The number of rotatable bonds is 6. The number of hydrogen-bond acceptors (Lipinski definition) is 4. The molecule has 5 nitrogen and oxygen atoms in total. The van der Waals surface area contributed by atoms with Crippen molar-refractivity contribution in [2.45, 2.75) is 25.8 Å². The minimum Gasteiger partial charge on any atom is -0.379 e. The van der Waals surface area contributed by atoms with Gasteiger partial charge in [0.2, 0.25) is 5.91 Å². The van der Waals surface area contributed by atoms with Gasteiger partial charge in [-0.05, 0) is 32.5 Å². The summed E-state index contributed by atoms with van der Waals surface area (Å²) in [6, 6.07) is 0.187. The lowest BCUT2D eigenvalue weighted by atomic mass is 10.0. The summed E-state index contributed by atoms with van der Waals surface area (Å²) >= 11 is 0. The molecule has 0 bridgehead atoms. The lowest BCUT2D eigenvalue weighted by molar-refractivity contribution is -0.134. The SMILES string of the molecule is CCNC1COCC1C(=O)N(C)CCN1CCCC1. The minimum absolute atomic E-state index is 0.0106. The van der Waals surface area contributed by atoms with E-state index in [2.05, 4.69) is 17.1 Å². The van der Waals surface area contributed by atoms with E-state index in [0.29, 0.717) is 13.2 Å². The van der Waals surface area contributed by atoms with Gasteiger partial charge in [0.25, 0.3) is 0 Å². The van der Waals surface area contributed by atoms with Crippen molar-refractivity contribution < 1.29 is 9.53 Å². The van der Waals surface area contributed by atoms with Crippen molar-refractivity contribution in [3.63, 3.8) is 0 Å². The third-order valence-corrected chi connectivity index (χ3v) is 4.19. The lowest BCUT2D eigenvalue weighted by Crippen LogP contribution is -2.46. The number of nitrogens with one attached hydrogen (secondary N) is 1. The molecule has 110 valence electrons. The molecule has 1 amide bonds. The van der Waals surface area contributed by atoms with E-state index in [0.717, 1.165) is 19.6 Å². The van der Waals surface area contributed by atoms with Crippen LogP contribution in [0.3, 0.4) is 0 Å². The minimum atomic E-state index is -0.0106. The largest absolute Gasteiger partial charge is 0.379 e. The highest BCUT2D eigenvalue weighted by atomic mass is 16.5. The van der Waals surface area contributed by atoms with Crippen LogP contribution in [-0.2, 0) is 9.53 Å². The Bertz CT molecular complexity index is 292. The van der Waals surface area contributed by atoms with E-state index in [1.165, 1.54) is 25.9 Å². The average Bonchev–Trinajstić information content (AvgIpc) is 3.06. The van der Waals surface area contributed by atoms with Crippen molar-refractivity contribution in [1.29, 1.82) is 0 Å². The Hall–Kier alpha value is -0.650. The van der Waals surface area contributed by atoms with Crippen molar-refractivity contribution in [3.05, 3.63) is 0 Å². The Labute approximate surface area is 116 Å². The third kappa shape index (κ3) is 3.91. The maximum atomic E-state index is 12.4. The number of hydrogen-bond donors (Lipinski definition) is 1. The van der Waals surface area contributed by atoms with Gasteiger partial charge in [-0.3, -0.25) is 4.79 Å². The smallest absolute Gasteiger partial charge is 0.229 e. The van der Waals surface area contributed by atoms with E-state index < -0.39 is 0 Å².